The smallest absolute Gasteiger partial charge is 0.355 e. The third-order valence-corrected chi connectivity index (χ3v) is 13.6. The predicted molar refractivity (Wildman–Crippen MR) is 256 cm³/mol. The fraction of sp³-hybridized carbons (Fsp3) is 0.103. The zero-order valence-corrected chi connectivity index (χ0v) is 34.5. The number of hydrogen-bond acceptors (Lipinski definition) is 1. The molecule has 3 aliphatic rings. The number of nitrogens with zero attached hydrogens (tertiary/aromatic N) is 2. The van der Waals surface area contributed by atoms with Crippen molar-refractivity contribution >= 4 is 54.6 Å². The molecule has 1 aliphatic heterocycles. The van der Waals surface area contributed by atoms with Crippen LogP contribution in [0.3, 0.4) is 0 Å². The maximum Gasteiger partial charge on any atom is 0.416 e. The van der Waals surface area contributed by atoms with Gasteiger partial charge in [-0.25, -0.2) is 0 Å². The van der Waals surface area contributed by atoms with Gasteiger partial charge in [-0.3, -0.25) is 0 Å². The molecule has 0 saturated carbocycles. The van der Waals surface area contributed by atoms with Gasteiger partial charge in [0.25, 0.3) is 0 Å². The van der Waals surface area contributed by atoms with Crippen molar-refractivity contribution in [3.63, 3.8) is 0 Å². The number of rotatable bonds is 5. The highest BCUT2D eigenvalue weighted by Gasteiger charge is 2.47. The Morgan fingerprint density at radius 1 is 0.556 bits per heavy atom. The second-order valence-corrected chi connectivity index (χ2v) is 17.3. The first-order valence-electron chi connectivity index (χ1n) is 21.6. The van der Waals surface area contributed by atoms with Crippen LogP contribution >= 0.6 is 0 Å². The van der Waals surface area contributed by atoms with Gasteiger partial charge in [-0.1, -0.05) is 164 Å². The molecule has 5 heteroatoms. The van der Waals surface area contributed by atoms with Gasteiger partial charge in [0.2, 0.25) is 0 Å². The van der Waals surface area contributed by atoms with E-state index in [9.17, 15) is 13.2 Å². The fourth-order valence-electron chi connectivity index (χ4n) is 10.9. The van der Waals surface area contributed by atoms with Crippen LogP contribution in [0.25, 0.3) is 76.9 Å². The summed E-state index contributed by atoms with van der Waals surface area (Å²) in [7, 11) is 0. The first-order valence-corrected chi connectivity index (χ1v) is 21.6. The molecule has 12 rings (SSSR count). The largest absolute Gasteiger partial charge is 0.416 e. The molecule has 0 N–H and O–H groups in total. The highest BCUT2D eigenvalue weighted by atomic mass is 19.4. The molecule has 0 amide bonds. The van der Waals surface area contributed by atoms with E-state index in [1.165, 1.54) is 61.3 Å². The van der Waals surface area contributed by atoms with Crippen molar-refractivity contribution < 1.29 is 13.2 Å². The lowest BCUT2D eigenvalue weighted by atomic mass is 9.83. The van der Waals surface area contributed by atoms with Crippen molar-refractivity contribution in [3.8, 4) is 27.9 Å². The SMILES string of the molecule is CC1(N2c3ccccc3C3C=C(c4ccc5c(c4)c4ccccc4n5-c4ccc(-c5c6ccccc6c(-c6ccccc6)c6ccccc56)cc4)C=CC32)C=C(C(F)(F)F)C=CC1. The summed E-state index contributed by atoms with van der Waals surface area (Å²) in [4.78, 5) is 2.21. The average molecular weight is 823 g/mol. The summed E-state index contributed by atoms with van der Waals surface area (Å²) >= 11 is 0. The molecule has 2 nitrogen and oxygen atoms in total. The molecule has 0 bridgehead atoms. The van der Waals surface area contributed by atoms with Crippen molar-refractivity contribution in [2.24, 2.45) is 0 Å². The van der Waals surface area contributed by atoms with Crippen LogP contribution < -0.4 is 4.90 Å². The topological polar surface area (TPSA) is 8.17 Å². The van der Waals surface area contributed by atoms with Crippen molar-refractivity contribution in [2.75, 3.05) is 4.90 Å². The molecule has 2 aliphatic carbocycles. The summed E-state index contributed by atoms with van der Waals surface area (Å²) < 4.78 is 44.4. The molecule has 304 valence electrons. The Balaban J connectivity index is 0.933. The number of fused-ring (bicyclic) bond motifs is 8. The van der Waals surface area contributed by atoms with Gasteiger partial charge in [0.05, 0.1) is 28.2 Å². The molecule has 3 unspecified atom stereocenters. The zero-order valence-electron chi connectivity index (χ0n) is 34.5. The molecule has 0 saturated heterocycles. The summed E-state index contributed by atoms with van der Waals surface area (Å²) in [5.41, 5.74) is 11.1. The van der Waals surface area contributed by atoms with E-state index in [1.807, 2.05) is 19.1 Å². The van der Waals surface area contributed by atoms with Crippen LogP contribution in [0.5, 0.6) is 0 Å². The predicted octanol–water partition coefficient (Wildman–Crippen LogP) is 15.6. The summed E-state index contributed by atoms with van der Waals surface area (Å²) in [5.74, 6) is -0.00833. The van der Waals surface area contributed by atoms with E-state index < -0.39 is 17.3 Å². The minimum Gasteiger partial charge on any atom is -0.355 e. The Labute approximate surface area is 363 Å². The van der Waals surface area contributed by atoms with Gasteiger partial charge >= 0.3 is 6.18 Å². The number of allylic oxidation sites excluding steroid dienone is 4. The van der Waals surface area contributed by atoms with Gasteiger partial charge in [0.1, 0.15) is 0 Å². The van der Waals surface area contributed by atoms with Gasteiger partial charge in [0.15, 0.2) is 0 Å². The summed E-state index contributed by atoms with van der Waals surface area (Å²) in [6.45, 7) is 1.93. The number of alkyl halides is 3. The van der Waals surface area contributed by atoms with Gasteiger partial charge in [-0.2, -0.15) is 13.2 Å². The van der Waals surface area contributed by atoms with Crippen LogP contribution in [-0.4, -0.2) is 22.3 Å². The number of benzene rings is 8. The minimum atomic E-state index is -4.40. The number of para-hydroxylation sites is 2. The lowest BCUT2D eigenvalue weighted by molar-refractivity contribution is -0.0890. The summed E-state index contributed by atoms with van der Waals surface area (Å²) in [6.07, 6.45) is 7.07. The van der Waals surface area contributed by atoms with Crippen LogP contribution in [0.2, 0.25) is 0 Å². The molecule has 3 atom stereocenters. The molecule has 1 aromatic heterocycles. The molecule has 0 spiro atoms. The Bertz CT molecular complexity index is 3380. The third-order valence-electron chi connectivity index (χ3n) is 13.6. The van der Waals surface area contributed by atoms with Crippen molar-refractivity contribution in [2.45, 2.75) is 37.0 Å². The monoisotopic (exact) mass is 822 g/mol. The Morgan fingerprint density at radius 2 is 1.13 bits per heavy atom. The standard InChI is InChI=1S/C58H41F3N2/c1-57(33-13-16-41(36-57)58(59,60)61)63-53-24-12-10-18-44(53)50-35-40(28-32-54(50)63)39-27-31-52-49(34-39)43-17-9-11-23-51(43)62(52)42-29-25-38(26-30-42)56-47-21-7-5-19-45(47)55(37-14-3-2-4-15-37)46-20-6-8-22-48(46)56/h2-32,34-36,50,54H,33H2,1H3. The molecule has 0 radical (unpaired) electrons. The maximum absolute atomic E-state index is 14.0. The molecule has 63 heavy (non-hydrogen) atoms. The number of hydrogen-bond donors (Lipinski definition) is 0. The summed E-state index contributed by atoms with van der Waals surface area (Å²) in [6, 6.07) is 60.7. The van der Waals surface area contributed by atoms with Crippen LogP contribution in [0, 0.1) is 0 Å². The van der Waals surface area contributed by atoms with Crippen LogP contribution in [-0.2, 0) is 0 Å². The lowest BCUT2D eigenvalue weighted by Crippen LogP contribution is -2.50. The minimum absolute atomic E-state index is 0.00833. The Kier molecular flexibility index (Phi) is 8.36. The van der Waals surface area contributed by atoms with E-state index in [4.69, 9.17) is 0 Å². The number of aromatic nitrogens is 1. The van der Waals surface area contributed by atoms with Gasteiger partial charge < -0.3 is 9.47 Å². The van der Waals surface area contributed by atoms with E-state index in [1.54, 1.807) is 6.08 Å². The van der Waals surface area contributed by atoms with Gasteiger partial charge in [0, 0.05) is 28.1 Å². The molecule has 8 aromatic carbocycles. The Morgan fingerprint density at radius 3 is 1.81 bits per heavy atom. The fourth-order valence-corrected chi connectivity index (χ4v) is 10.9. The normalized spacial score (nSPS) is 19.5. The van der Waals surface area contributed by atoms with Crippen molar-refractivity contribution in [3.05, 3.63) is 223 Å². The number of halogens is 3. The number of anilines is 1. The first-order chi connectivity index (χ1) is 30.7. The quantitative estimate of drug-likeness (QED) is 0.157. The molecular formula is C58H41F3N2. The highest BCUT2D eigenvalue weighted by Crippen LogP contribution is 2.51. The van der Waals surface area contributed by atoms with E-state index >= 15 is 0 Å². The highest BCUT2D eigenvalue weighted by molar-refractivity contribution is 6.21. The Hall–Kier alpha value is -7.37. The van der Waals surface area contributed by atoms with Crippen molar-refractivity contribution in [1.29, 1.82) is 0 Å². The van der Waals surface area contributed by atoms with Crippen LogP contribution in [0.1, 0.15) is 30.4 Å². The third kappa shape index (κ3) is 5.86. The average Bonchev–Trinajstić information content (AvgIpc) is 3.83. The van der Waals surface area contributed by atoms with Crippen molar-refractivity contribution in [1.82, 2.24) is 4.57 Å². The molecule has 9 aromatic rings. The molecule has 0 fully saturated rings. The second-order valence-electron chi connectivity index (χ2n) is 17.3. The van der Waals surface area contributed by atoms with Crippen LogP contribution in [0.15, 0.2) is 212 Å². The van der Waals surface area contributed by atoms with Crippen LogP contribution in [0.4, 0.5) is 18.9 Å². The lowest BCUT2D eigenvalue weighted by Gasteiger charge is -2.44. The van der Waals surface area contributed by atoms with E-state index in [2.05, 4.69) is 185 Å². The van der Waals surface area contributed by atoms with E-state index in [-0.39, 0.29) is 12.0 Å². The summed E-state index contributed by atoms with van der Waals surface area (Å²) in [5, 5.41) is 7.27. The maximum atomic E-state index is 14.0. The van der Waals surface area contributed by atoms with E-state index in [0.717, 1.165) is 44.5 Å². The molecule has 2 heterocycles. The van der Waals surface area contributed by atoms with Gasteiger partial charge in [-0.05, 0) is 116 Å². The molecular weight excluding hydrogens is 782 g/mol. The van der Waals surface area contributed by atoms with E-state index in [0.29, 0.717) is 6.42 Å². The van der Waals surface area contributed by atoms with Gasteiger partial charge in [-0.15, -0.1) is 0 Å². The zero-order chi connectivity index (χ0) is 42.5. The first kappa shape index (κ1) is 37.4. The second kappa shape index (κ2) is 14.1.